The van der Waals surface area contributed by atoms with Crippen molar-refractivity contribution in [1.29, 1.82) is 0 Å². The summed E-state index contributed by atoms with van der Waals surface area (Å²) in [5.74, 6) is 0.370. The Morgan fingerprint density at radius 1 is 1.05 bits per heavy atom. The van der Waals surface area contributed by atoms with Crippen LogP contribution in [-0.2, 0) is 9.47 Å². The second-order valence-corrected chi connectivity index (χ2v) is 4.69. The van der Waals surface area contributed by atoms with Gasteiger partial charge in [-0.25, -0.2) is 0 Å². The smallest absolute Gasteiger partial charge is 0.322 e. The number of hydrogen-bond donors (Lipinski definition) is 2. The number of unbranched alkanes of at least 4 members (excludes halogenated alkanes) is 1. The van der Waals surface area contributed by atoms with Crippen LogP contribution in [0.3, 0.4) is 0 Å². The van der Waals surface area contributed by atoms with E-state index in [4.69, 9.17) is 31.5 Å². The molecule has 0 atom stereocenters. The van der Waals surface area contributed by atoms with Crippen molar-refractivity contribution in [3.8, 4) is 6.01 Å². The van der Waals surface area contributed by atoms with E-state index in [2.05, 4.69) is 27.2 Å². The molecule has 0 aliphatic heterocycles. The summed E-state index contributed by atoms with van der Waals surface area (Å²) in [5, 5.41) is 3.10. The third kappa shape index (κ3) is 8.93. The van der Waals surface area contributed by atoms with Crippen LogP contribution in [0, 0.1) is 0 Å². The number of anilines is 1. The molecule has 0 aliphatic rings. The summed E-state index contributed by atoms with van der Waals surface area (Å²) in [5.41, 5.74) is 5.30. The molecule has 0 spiro atoms. The predicted molar refractivity (Wildman–Crippen MR) is 84.4 cm³/mol. The Hall–Kier alpha value is -1.22. The Balaban J connectivity index is 2.21. The van der Waals surface area contributed by atoms with Crippen molar-refractivity contribution in [2.45, 2.75) is 19.8 Å². The molecule has 0 unspecified atom stereocenters. The lowest BCUT2D eigenvalue weighted by Gasteiger charge is -2.08. The van der Waals surface area contributed by atoms with E-state index in [1.807, 2.05) is 0 Å². The fourth-order valence-corrected chi connectivity index (χ4v) is 1.58. The van der Waals surface area contributed by atoms with Crippen molar-refractivity contribution in [1.82, 2.24) is 15.0 Å². The zero-order valence-corrected chi connectivity index (χ0v) is 13.6. The fourth-order valence-electron chi connectivity index (χ4n) is 1.42. The average molecular weight is 334 g/mol. The zero-order valence-electron chi connectivity index (χ0n) is 12.9. The summed E-state index contributed by atoms with van der Waals surface area (Å²) in [6.45, 7) is 5.80. The van der Waals surface area contributed by atoms with Gasteiger partial charge in [0.05, 0.1) is 33.0 Å². The standard InChI is InChI=1S/C13H24ClN5O3/c1-2-3-6-22-13-18-11(14)17-12(19-13)16-5-8-21-10-9-20-7-4-15/h2-10,15H2,1H3,(H,16,17,18,19). The molecule has 1 aromatic heterocycles. The van der Waals surface area contributed by atoms with Crippen molar-refractivity contribution < 1.29 is 14.2 Å². The molecule has 0 radical (unpaired) electrons. The second-order valence-electron chi connectivity index (χ2n) is 4.35. The molecule has 3 N–H and O–H groups in total. The molecule has 0 bridgehead atoms. The molecule has 8 nitrogen and oxygen atoms in total. The minimum Gasteiger partial charge on any atom is -0.463 e. The second kappa shape index (κ2) is 12.3. The molecule has 9 heteroatoms. The van der Waals surface area contributed by atoms with Gasteiger partial charge < -0.3 is 25.3 Å². The molecule has 0 saturated heterocycles. The summed E-state index contributed by atoms with van der Waals surface area (Å²) < 4.78 is 16.0. The maximum absolute atomic E-state index is 5.83. The highest BCUT2D eigenvalue weighted by molar-refractivity contribution is 6.28. The number of nitrogens with zero attached hydrogens (tertiary/aromatic N) is 3. The molecule has 0 aromatic carbocycles. The topological polar surface area (TPSA) is 104 Å². The molecule has 1 heterocycles. The van der Waals surface area contributed by atoms with E-state index < -0.39 is 0 Å². The van der Waals surface area contributed by atoms with Gasteiger partial charge in [0.25, 0.3) is 0 Å². The van der Waals surface area contributed by atoms with Gasteiger partial charge in [-0.2, -0.15) is 15.0 Å². The molecular formula is C13H24ClN5O3. The Morgan fingerprint density at radius 3 is 2.55 bits per heavy atom. The highest BCUT2D eigenvalue weighted by Gasteiger charge is 2.05. The van der Waals surface area contributed by atoms with E-state index in [0.717, 1.165) is 12.8 Å². The van der Waals surface area contributed by atoms with E-state index in [0.29, 0.717) is 52.1 Å². The highest BCUT2D eigenvalue weighted by Crippen LogP contribution is 2.11. The summed E-state index contributed by atoms with van der Waals surface area (Å²) in [6, 6.07) is 0.229. The number of nitrogens with two attached hydrogens (primary N) is 1. The van der Waals surface area contributed by atoms with Crippen LogP contribution in [0.2, 0.25) is 5.28 Å². The Bertz CT molecular complexity index is 411. The molecule has 0 amide bonds. The van der Waals surface area contributed by atoms with Crippen LogP contribution in [0.15, 0.2) is 0 Å². The third-order valence-corrected chi connectivity index (χ3v) is 2.65. The van der Waals surface area contributed by atoms with Crippen LogP contribution in [0.5, 0.6) is 6.01 Å². The van der Waals surface area contributed by atoms with Crippen molar-refractivity contribution >= 4 is 17.5 Å². The van der Waals surface area contributed by atoms with Crippen molar-refractivity contribution in [3.05, 3.63) is 5.28 Å². The van der Waals surface area contributed by atoms with Crippen molar-refractivity contribution in [3.63, 3.8) is 0 Å². The minimum absolute atomic E-state index is 0.0973. The average Bonchev–Trinajstić information content (AvgIpc) is 2.50. The zero-order chi connectivity index (χ0) is 16.0. The first-order valence-electron chi connectivity index (χ1n) is 7.40. The maximum Gasteiger partial charge on any atom is 0.322 e. The molecule has 0 saturated carbocycles. The Morgan fingerprint density at radius 2 is 1.82 bits per heavy atom. The molecule has 0 fully saturated rings. The van der Waals surface area contributed by atoms with Gasteiger partial charge in [-0.1, -0.05) is 13.3 Å². The lowest BCUT2D eigenvalue weighted by Crippen LogP contribution is -2.16. The minimum atomic E-state index is 0.0973. The van der Waals surface area contributed by atoms with E-state index in [-0.39, 0.29) is 11.3 Å². The van der Waals surface area contributed by atoms with Gasteiger partial charge in [-0.3, -0.25) is 0 Å². The molecule has 126 valence electrons. The van der Waals surface area contributed by atoms with Gasteiger partial charge in [0, 0.05) is 13.1 Å². The van der Waals surface area contributed by atoms with E-state index in [1.165, 1.54) is 0 Å². The number of rotatable bonds is 13. The highest BCUT2D eigenvalue weighted by atomic mass is 35.5. The Labute approximate surface area is 135 Å². The van der Waals surface area contributed by atoms with Gasteiger partial charge in [-0.15, -0.1) is 0 Å². The van der Waals surface area contributed by atoms with Crippen LogP contribution >= 0.6 is 11.6 Å². The van der Waals surface area contributed by atoms with Crippen molar-refractivity contribution in [2.75, 3.05) is 51.4 Å². The van der Waals surface area contributed by atoms with E-state index >= 15 is 0 Å². The van der Waals surface area contributed by atoms with Crippen LogP contribution in [0.25, 0.3) is 0 Å². The van der Waals surface area contributed by atoms with Gasteiger partial charge in [0.2, 0.25) is 11.2 Å². The summed E-state index contributed by atoms with van der Waals surface area (Å²) in [7, 11) is 0. The van der Waals surface area contributed by atoms with E-state index in [9.17, 15) is 0 Å². The van der Waals surface area contributed by atoms with Crippen LogP contribution < -0.4 is 15.8 Å². The van der Waals surface area contributed by atoms with Gasteiger partial charge in [-0.05, 0) is 18.0 Å². The normalized spacial score (nSPS) is 10.7. The lowest BCUT2D eigenvalue weighted by molar-refractivity contribution is 0.0547. The van der Waals surface area contributed by atoms with Crippen LogP contribution in [0.4, 0.5) is 5.95 Å². The lowest BCUT2D eigenvalue weighted by atomic mass is 10.4. The maximum atomic E-state index is 5.83. The number of aromatic nitrogens is 3. The first kappa shape index (κ1) is 18.8. The van der Waals surface area contributed by atoms with Crippen LogP contribution in [-0.4, -0.2) is 61.1 Å². The number of halogens is 1. The molecule has 1 rings (SSSR count). The first-order chi connectivity index (χ1) is 10.8. The van der Waals surface area contributed by atoms with Crippen LogP contribution in [0.1, 0.15) is 19.8 Å². The summed E-state index contributed by atoms with van der Waals surface area (Å²) in [4.78, 5) is 12.0. The summed E-state index contributed by atoms with van der Waals surface area (Å²) in [6.07, 6.45) is 1.97. The van der Waals surface area contributed by atoms with E-state index in [1.54, 1.807) is 0 Å². The number of nitrogens with one attached hydrogen (secondary N) is 1. The molecule has 0 aliphatic carbocycles. The fraction of sp³-hybridized carbons (Fsp3) is 0.769. The largest absolute Gasteiger partial charge is 0.463 e. The Kier molecular flexibility index (Phi) is 10.6. The number of ether oxygens (including phenoxy) is 3. The molecule has 22 heavy (non-hydrogen) atoms. The third-order valence-electron chi connectivity index (χ3n) is 2.48. The van der Waals surface area contributed by atoms with Gasteiger partial charge in [0.1, 0.15) is 0 Å². The SMILES string of the molecule is CCCCOc1nc(Cl)nc(NCCOCCOCCN)n1. The summed E-state index contributed by atoms with van der Waals surface area (Å²) >= 11 is 5.83. The quantitative estimate of drug-likeness (QED) is 0.517. The van der Waals surface area contributed by atoms with Gasteiger partial charge in [0.15, 0.2) is 0 Å². The first-order valence-corrected chi connectivity index (χ1v) is 7.77. The van der Waals surface area contributed by atoms with Crippen molar-refractivity contribution in [2.24, 2.45) is 5.73 Å². The molecule has 1 aromatic rings. The molecular weight excluding hydrogens is 310 g/mol. The predicted octanol–water partition coefficient (Wildman–Crippen LogP) is 1.11. The monoisotopic (exact) mass is 333 g/mol. The van der Waals surface area contributed by atoms with Gasteiger partial charge >= 0.3 is 6.01 Å². The number of hydrogen-bond acceptors (Lipinski definition) is 8.